The average Bonchev–Trinajstić information content (AvgIpc) is 3.37. The molecule has 142 valence electrons. The van der Waals surface area contributed by atoms with Crippen LogP contribution in [0.2, 0.25) is 0 Å². The zero-order valence-corrected chi connectivity index (χ0v) is 15.8. The number of amides is 1. The van der Waals surface area contributed by atoms with Crippen molar-refractivity contribution in [2.75, 3.05) is 26.5 Å². The minimum Gasteiger partial charge on any atom is -0.493 e. The molecule has 0 saturated carbocycles. The van der Waals surface area contributed by atoms with E-state index in [0.29, 0.717) is 41.2 Å². The van der Waals surface area contributed by atoms with Crippen LogP contribution in [0.25, 0.3) is 11.6 Å². The molecule has 0 unspecified atom stereocenters. The first kappa shape index (κ1) is 18.8. The highest BCUT2D eigenvalue weighted by molar-refractivity contribution is 7.99. The Labute approximate surface area is 160 Å². The van der Waals surface area contributed by atoms with Crippen LogP contribution < -0.4 is 14.8 Å². The normalized spacial score (nSPS) is 10.6. The number of carbonyl (C=O) groups is 1. The lowest BCUT2D eigenvalue weighted by Gasteiger charge is -2.10. The maximum Gasteiger partial charge on any atom is 0.230 e. The van der Waals surface area contributed by atoms with E-state index < -0.39 is 0 Å². The van der Waals surface area contributed by atoms with Crippen LogP contribution in [0.4, 0.5) is 0 Å². The second kappa shape index (κ2) is 9.13. The number of thioether (sulfide) groups is 1. The van der Waals surface area contributed by atoms with Crippen molar-refractivity contribution in [3.63, 3.8) is 0 Å². The fourth-order valence-corrected chi connectivity index (χ4v) is 3.03. The lowest BCUT2D eigenvalue weighted by atomic mass is 10.1. The summed E-state index contributed by atoms with van der Waals surface area (Å²) in [6, 6.07) is 9.27. The minimum absolute atomic E-state index is 0.0789. The van der Waals surface area contributed by atoms with E-state index in [1.54, 1.807) is 32.6 Å². The molecule has 27 heavy (non-hydrogen) atoms. The number of methoxy groups -OCH3 is 2. The highest BCUT2D eigenvalue weighted by atomic mass is 32.2. The largest absolute Gasteiger partial charge is 0.493 e. The van der Waals surface area contributed by atoms with Gasteiger partial charge in [0.15, 0.2) is 23.1 Å². The van der Waals surface area contributed by atoms with Crippen LogP contribution in [0.3, 0.4) is 0 Å². The Balaban J connectivity index is 1.42. The molecule has 9 heteroatoms. The fraction of sp³-hybridized carbons (Fsp3) is 0.278. The lowest BCUT2D eigenvalue weighted by Crippen LogP contribution is -2.27. The van der Waals surface area contributed by atoms with Crippen molar-refractivity contribution in [3.8, 4) is 23.1 Å². The number of aromatic nitrogens is 3. The monoisotopic (exact) mass is 388 g/mol. The predicted octanol–water partition coefficient (Wildman–Crippen LogP) is 2.53. The van der Waals surface area contributed by atoms with Gasteiger partial charge in [-0.15, -0.1) is 5.10 Å². The smallest absolute Gasteiger partial charge is 0.230 e. The van der Waals surface area contributed by atoms with Crippen LogP contribution >= 0.6 is 11.8 Å². The molecule has 0 aliphatic heterocycles. The van der Waals surface area contributed by atoms with Gasteiger partial charge in [-0.25, -0.2) is 0 Å². The van der Waals surface area contributed by atoms with Gasteiger partial charge in [-0.1, -0.05) is 17.8 Å². The van der Waals surface area contributed by atoms with E-state index in [0.717, 1.165) is 5.56 Å². The standard InChI is InChI=1S/C18H20N4O4S/c1-24-13-6-5-12(10-15(13)25-2)7-8-19-16(23)11-27-18-20-17(21-22-18)14-4-3-9-26-14/h3-6,9-10H,7-8,11H2,1-2H3,(H,19,23)(H,20,21,22). The molecule has 2 N–H and O–H groups in total. The van der Waals surface area contributed by atoms with E-state index in [9.17, 15) is 4.79 Å². The Hall–Kier alpha value is -2.94. The number of rotatable bonds is 9. The third-order valence-corrected chi connectivity index (χ3v) is 4.58. The van der Waals surface area contributed by atoms with Crippen molar-refractivity contribution in [2.24, 2.45) is 0 Å². The number of carbonyl (C=O) groups excluding carboxylic acids is 1. The van der Waals surface area contributed by atoms with Gasteiger partial charge in [0, 0.05) is 6.54 Å². The summed E-state index contributed by atoms with van der Waals surface area (Å²) in [6.45, 7) is 0.528. The molecule has 2 aromatic heterocycles. The first-order valence-corrected chi connectivity index (χ1v) is 9.25. The number of aromatic amines is 1. The summed E-state index contributed by atoms with van der Waals surface area (Å²) in [4.78, 5) is 16.3. The Morgan fingerprint density at radius 2 is 2.11 bits per heavy atom. The van der Waals surface area contributed by atoms with Crippen molar-refractivity contribution in [1.29, 1.82) is 0 Å². The van der Waals surface area contributed by atoms with Gasteiger partial charge in [0.1, 0.15) is 0 Å². The molecular weight excluding hydrogens is 368 g/mol. The number of ether oxygens (including phenoxy) is 2. The highest BCUT2D eigenvalue weighted by Gasteiger charge is 2.10. The molecule has 3 rings (SSSR count). The number of hydrogen-bond donors (Lipinski definition) is 2. The van der Waals surface area contributed by atoms with Crippen molar-refractivity contribution in [3.05, 3.63) is 42.2 Å². The van der Waals surface area contributed by atoms with Gasteiger partial charge in [-0.3, -0.25) is 9.89 Å². The summed E-state index contributed by atoms with van der Waals surface area (Å²) in [5.74, 6) is 2.66. The van der Waals surface area contributed by atoms with Gasteiger partial charge in [-0.2, -0.15) is 4.98 Å². The van der Waals surface area contributed by atoms with Crippen LogP contribution in [-0.4, -0.2) is 47.6 Å². The fourth-order valence-electron chi connectivity index (χ4n) is 2.40. The topological polar surface area (TPSA) is 102 Å². The summed E-state index contributed by atoms with van der Waals surface area (Å²) in [5, 5.41) is 10.2. The maximum atomic E-state index is 12.0. The molecule has 0 fully saturated rings. The quantitative estimate of drug-likeness (QED) is 0.543. The maximum absolute atomic E-state index is 12.0. The predicted molar refractivity (Wildman–Crippen MR) is 101 cm³/mol. The second-order valence-electron chi connectivity index (χ2n) is 5.52. The van der Waals surface area contributed by atoms with E-state index in [1.165, 1.54) is 11.8 Å². The Kier molecular flexibility index (Phi) is 6.37. The molecule has 0 aliphatic carbocycles. The van der Waals surface area contributed by atoms with E-state index in [-0.39, 0.29) is 11.7 Å². The molecule has 0 saturated heterocycles. The van der Waals surface area contributed by atoms with Crippen molar-refractivity contribution in [2.45, 2.75) is 11.6 Å². The number of furan rings is 1. The van der Waals surface area contributed by atoms with Crippen LogP contribution in [0.15, 0.2) is 46.2 Å². The third-order valence-electron chi connectivity index (χ3n) is 3.74. The van der Waals surface area contributed by atoms with Gasteiger partial charge < -0.3 is 19.2 Å². The first-order chi connectivity index (χ1) is 13.2. The molecule has 0 spiro atoms. The zero-order valence-electron chi connectivity index (χ0n) is 15.0. The number of benzene rings is 1. The van der Waals surface area contributed by atoms with Crippen LogP contribution in [0.5, 0.6) is 11.5 Å². The lowest BCUT2D eigenvalue weighted by molar-refractivity contribution is -0.118. The highest BCUT2D eigenvalue weighted by Crippen LogP contribution is 2.27. The molecule has 3 aromatic rings. The first-order valence-electron chi connectivity index (χ1n) is 8.26. The number of hydrogen-bond acceptors (Lipinski definition) is 7. The van der Waals surface area contributed by atoms with Crippen molar-refractivity contribution < 1.29 is 18.7 Å². The van der Waals surface area contributed by atoms with Gasteiger partial charge in [0.25, 0.3) is 0 Å². The van der Waals surface area contributed by atoms with Gasteiger partial charge in [0.05, 0.1) is 26.2 Å². The molecule has 0 radical (unpaired) electrons. The van der Waals surface area contributed by atoms with Crippen molar-refractivity contribution in [1.82, 2.24) is 20.5 Å². The summed E-state index contributed by atoms with van der Waals surface area (Å²) < 4.78 is 15.7. The molecular formula is C18H20N4O4S. The summed E-state index contributed by atoms with van der Waals surface area (Å²) in [5.41, 5.74) is 1.05. The number of nitrogens with zero attached hydrogens (tertiary/aromatic N) is 2. The zero-order chi connectivity index (χ0) is 19.1. The summed E-state index contributed by atoms with van der Waals surface area (Å²) >= 11 is 1.26. The molecule has 1 amide bonds. The Morgan fingerprint density at radius 3 is 2.85 bits per heavy atom. The minimum atomic E-state index is -0.0789. The summed E-state index contributed by atoms with van der Waals surface area (Å²) in [6.07, 6.45) is 2.26. The number of H-pyrrole nitrogens is 1. The average molecular weight is 388 g/mol. The molecule has 0 bridgehead atoms. The number of nitrogens with one attached hydrogen (secondary N) is 2. The van der Waals surface area contributed by atoms with E-state index >= 15 is 0 Å². The molecule has 2 heterocycles. The van der Waals surface area contributed by atoms with Crippen LogP contribution in [-0.2, 0) is 11.2 Å². The molecule has 0 aliphatic rings. The van der Waals surface area contributed by atoms with E-state index in [4.69, 9.17) is 13.9 Å². The van der Waals surface area contributed by atoms with E-state index in [1.807, 2.05) is 18.2 Å². The SMILES string of the molecule is COc1ccc(CCNC(=O)CSc2n[nH]c(-c3ccco3)n2)cc1OC. The Bertz CT molecular complexity index is 879. The Morgan fingerprint density at radius 1 is 1.26 bits per heavy atom. The van der Waals surface area contributed by atoms with Crippen LogP contribution in [0, 0.1) is 0 Å². The third kappa shape index (κ3) is 5.04. The van der Waals surface area contributed by atoms with Crippen LogP contribution in [0.1, 0.15) is 5.56 Å². The van der Waals surface area contributed by atoms with Gasteiger partial charge >= 0.3 is 0 Å². The summed E-state index contributed by atoms with van der Waals surface area (Å²) in [7, 11) is 3.20. The molecule has 8 nitrogen and oxygen atoms in total. The molecule has 1 aromatic carbocycles. The molecule has 0 atom stereocenters. The van der Waals surface area contributed by atoms with Crippen molar-refractivity contribution >= 4 is 17.7 Å². The second-order valence-corrected chi connectivity index (χ2v) is 6.46. The van der Waals surface area contributed by atoms with Gasteiger partial charge in [-0.05, 0) is 36.2 Å². The van der Waals surface area contributed by atoms with E-state index in [2.05, 4.69) is 20.5 Å². The van der Waals surface area contributed by atoms with Gasteiger partial charge in [0.2, 0.25) is 11.1 Å².